The highest BCUT2D eigenvalue weighted by Crippen LogP contribution is 2.49. The molecule has 6 rings (SSSR count). The summed E-state index contributed by atoms with van der Waals surface area (Å²) >= 11 is 0. The zero-order valence-electron chi connectivity index (χ0n) is 14.2. The molecule has 1 fully saturated rings. The van der Waals surface area contributed by atoms with Crippen molar-refractivity contribution in [3.8, 4) is 0 Å². The van der Waals surface area contributed by atoms with Gasteiger partial charge in [-0.15, -0.1) is 0 Å². The fraction of sp³-hybridized carbons (Fsp3) is 0.227. The zero-order valence-corrected chi connectivity index (χ0v) is 14.2. The third-order valence-electron chi connectivity index (χ3n) is 6.33. The van der Waals surface area contributed by atoms with E-state index >= 15 is 0 Å². The number of aromatic nitrogens is 2. The summed E-state index contributed by atoms with van der Waals surface area (Å²) in [6.07, 6.45) is 6.50. The second kappa shape index (κ2) is 4.79. The Kier molecular flexibility index (Phi) is 2.61. The number of hydrogen-bond acceptors (Lipinski definition) is 2. The molecule has 1 saturated carbocycles. The molecule has 0 aliphatic heterocycles. The lowest BCUT2D eigenvalue weighted by atomic mass is 9.93. The SMILES string of the molecule is [O-][n+]1c(C2CC3C=CC2C3)n(O)c2c3ccccc3c3ccccc3c21. The summed E-state index contributed by atoms with van der Waals surface area (Å²) in [5, 5.41) is 28.4. The molecule has 1 heterocycles. The average Bonchev–Trinajstić information content (AvgIpc) is 3.36. The van der Waals surface area contributed by atoms with E-state index in [2.05, 4.69) is 18.2 Å². The highest BCUT2D eigenvalue weighted by Gasteiger charge is 2.44. The minimum absolute atomic E-state index is 0.0809. The monoisotopic (exact) mass is 342 g/mol. The van der Waals surface area contributed by atoms with Gasteiger partial charge in [-0.3, -0.25) is 0 Å². The first-order valence-electron chi connectivity index (χ1n) is 9.19. The molecule has 26 heavy (non-hydrogen) atoms. The Hall–Kier alpha value is -3.01. The van der Waals surface area contributed by atoms with E-state index in [1.807, 2.05) is 42.5 Å². The smallest absolute Gasteiger partial charge is 0.304 e. The van der Waals surface area contributed by atoms with Crippen molar-refractivity contribution in [2.75, 3.05) is 0 Å². The number of nitrogens with zero attached hydrogens (tertiary/aromatic N) is 2. The quantitative estimate of drug-likeness (QED) is 0.182. The van der Waals surface area contributed by atoms with Crippen LogP contribution in [0.15, 0.2) is 60.7 Å². The van der Waals surface area contributed by atoms with Crippen LogP contribution in [0.5, 0.6) is 0 Å². The standard InChI is InChI=1S/C22H18N2O2/c25-23-20-17-7-3-1-5-15(17)16-6-2-4-8-18(16)21(20)24(26)22(23)19-12-13-9-10-14(19)11-13/h1-10,13-14,19,25H,11-12H2. The Morgan fingerprint density at radius 2 is 1.54 bits per heavy atom. The Balaban J connectivity index is 1.80. The molecular weight excluding hydrogens is 324 g/mol. The summed E-state index contributed by atoms with van der Waals surface area (Å²) in [4.78, 5) is 0. The number of rotatable bonds is 1. The topological polar surface area (TPSA) is 52.1 Å². The summed E-state index contributed by atoms with van der Waals surface area (Å²) in [5.74, 6) is 1.46. The van der Waals surface area contributed by atoms with Crippen LogP contribution in [0, 0.1) is 17.0 Å². The van der Waals surface area contributed by atoms with Gasteiger partial charge in [0.2, 0.25) is 5.52 Å². The van der Waals surface area contributed by atoms with Gasteiger partial charge in [0.1, 0.15) is 0 Å². The molecule has 4 heteroatoms. The maximum atomic E-state index is 13.4. The summed E-state index contributed by atoms with van der Waals surface area (Å²) in [6, 6.07) is 16.0. The van der Waals surface area contributed by atoms with Crippen molar-refractivity contribution in [3.05, 3.63) is 71.7 Å². The number of fused-ring (bicyclic) bond motifs is 8. The molecule has 128 valence electrons. The van der Waals surface area contributed by atoms with E-state index in [0.29, 0.717) is 28.7 Å². The van der Waals surface area contributed by atoms with E-state index in [1.165, 1.54) is 4.73 Å². The maximum absolute atomic E-state index is 13.4. The molecule has 4 nitrogen and oxygen atoms in total. The first kappa shape index (κ1) is 14.2. The molecule has 3 aromatic carbocycles. The normalized spacial score (nSPS) is 24.4. The van der Waals surface area contributed by atoms with Gasteiger partial charge in [-0.25, -0.2) is 4.73 Å². The molecular formula is C22H18N2O2. The molecule has 0 amide bonds. The van der Waals surface area contributed by atoms with Crippen LogP contribution in [0.1, 0.15) is 24.6 Å². The van der Waals surface area contributed by atoms with Crippen molar-refractivity contribution < 1.29 is 9.94 Å². The molecule has 1 N–H and O–H groups in total. The Morgan fingerprint density at radius 1 is 0.885 bits per heavy atom. The summed E-state index contributed by atoms with van der Waals surface area (Å²) in [6.45, 7) is 0. The van der Waals surface area contributed by atoms with Crippen molar-refractivity contribution in [2.45, 2.75) is 18.8 Å². The van der Waals surface area contributed by atoms with Crippen LogP contribution >= 0.6 is 0 Å². The summed E-state index contributed by atoms with van der Waals surface area (Å²) in [7, 11) is 0. The Labute approximate surface area is 150 Å². The molecule has 0 radical (unpaired) electrons. The first-order valence-corrected chi connectivity index (χ1v) is 9.19. The highest BCUT2D eigenvalue weighted by molar-refractivity contribution is 6.22. The van der Waals surface area contributed by atoms with Gasteiger partial charge in [-0.05, 0) is 52.3 Å². The Bertz CT molecular complexity index is 1160. The molecule has 3 atom stereocenters. The van der Waals surface area contributed by atoms with Crippen LogP contribution < -0.4 is 4.73 Å². The Morgan fingerprint density at radius 3 is 2.19 bits per heavy atom. The largest absolute Gasteiger partial charge is 0.710 e. The summed E-state index contributed by atoms with van der Waals surface area (Å²) in [5.41, 5.74) is 1.19. The van der Waals surface area contributed by atoms with Crippen LogP contribution in [-0.2, 0) is 0 Å². The van der Waals surface area contributed by atoms with Gasteiger partial charge in [0.05, 0.1) is 5.92 Å². The van der Waals surface area contributed by atoms with Crippen molar-refractivity contribution in [1.82, 2.24) is 4.73 Å². The molecule has 2 aliphatic carbocycles. The number of benzene rings is 3. The minimum atomic E-state index is 0.0809. The van der Waals surface area contributed by atoms with Gasteiger partial charge in [-0.2, -0.15) is 0 Å². The maximum Gasteiger partial charge on any atom is 0.304 e. The lowest BCUT2D eigenvalue weighted by Gasteiger charge is -2.16. The van der Waals surface area contributed by atoms with E-state index in [0.717, 1.165) is 39.1 Å². The van der Waals surface area contributed by atoms with Crippen molar-refractivity contribution in [2.24, 2.45) is 11.8 Å². The lowest BCUT2D eigenvalue weighted by Crippen LogP contribution is -2.34. The van der Waals surface area contributed by atoms with Gasteiger partial charge in [-0.1, -0.05) is 48.6 Å². The van der Waals surface area contributed by atoms with Gasteiger partial charge >= 0.3 is 5.82 Å². The lowest BCUT2D eigenvalue weighted by molar-refractivity contribution is -0.590. The van der Waals surface area contributed by atoms with Crippen LogP contribution in [0.2, 0.25) is 0 Å². The fourth-order valence-electron chi connectivity index (χ4n) is 5.22. The second-order valence-corrected chi connectivity index (χ2v) is 7.64. The van der Waals surface area contributed by atoms with Crippen molar-refractivity contribution in [3.63, 3.8) is 0 Å². The zero-order chi connectivity index (χ0) is 17.4. The predicted molar refractivity (Wildman–Crippen MR) is 101 cm³/mol. The minimum Gasteiger partial charge on any atom is -0.710 e. The molecule has 0 saturated heterocycles. The van der Waals surface area contributed by atoms with Crippen LogP contribution in [0.4, 0.5) is 0 Å². The van der Waals surface area contributed by atoms with Crippen molar-refractivity contribution >= 4 is 32.6 Å². The highest BCUT2D eigenvalue weighted by atomic mass is 16.5. The third kappa shape index (κ3) is 1.62. The van der Waals surface area contributed by atoms with Gasteiger partial charge in [0.25, 0.3) is 0 Å². The number of hydrogen-bond donors (Lipinski definition) is 1. The fourth-order valence-corrected chi connectivity index (χ4v) is 5.22. The van der Waals surface area contributed by atoms with Crippen LogP contribution in [0.3, 0.4) is 0 Å². The third-order valence-corrected chi connectivity index (χ3v) is 6.33. The van der Waals surface area contributed by atoms with Crippen molar-refractivity contribution in [1.29, 1.82) is 0 Å². The van der Waals surface area contributed by atoms with Gasteiger partial charge < -0.3 is 10.4 Å². The molecule has 1 aromatic heterocycles. The van der Waals surface area contributed by atoms with E-state index < -0.39 is 0 Å². The molecule has 2 aliphatic rings. The van der Waals surface area contributed by atoms with Gasteiger partial charge in [0, 0.05) is 10.8 Å². The molecule has 0 spiro atoms. The molecule has 2 bridgehead atoms. The molecule has 4 aromatic rings. The predicted octanol–water partition coefficient (Wildman–Crippen LogP) is 4.50. The number of allylic oxidation sites excluding steroid dienone is 2. The van der Waals surface area contributed by atoms with Gasteiger partial charge in [0.15, 0.2) is 5.52 Å². The van der Waals surface area contributed by atoms with E-state index in [-0.39, 0.29) is 5.92 Å². The molecule has 3 unspecified atom stereocenters. The summed E-state index contributed by atoms with van der Waals surface area (Å²) < 4.78 is 2.17. The number of imidazole rings is 1. The van der Waals surface area contributed by atoms with E-state index in [1.54, 1.807) is 0 Å². The van der Waals surface area contributed by atoms with Crippen LogP contribution in [-0.4, -0.2) is 9.94 Å². The first-order chi connectivity index (χ1) is 12.7. The average molecular weight is 342 g/mol. The second-order valence-electron chi connectivity index (χ2n) is 7.64. The van der Waals surface area contributed by atoms with E-state index in [4.69, 9.17) is 0 Å². The van der Waals surface area contributed by atoms with E-state index in [9.17, 15) is 10.4 Å². The van der Waals surface area contributed by atoms with Crippen LogP contribution in [0.25, 0.3) is 32.6 Å².